The van der Waals surface area contributed by atoms with Crippen molar-refractivity contribution in [2.24, 2.45) is 0 Å². The summed E-state index contributed by atoms with van der Waals surface area (Å²) in [7, 11) is 0. The highest BCUT2D eigenvalue weighted by Crippen LogP contribution is 2.31. The number of rotatable bonds is 6. The van der Waals surface area contributed by atoms with Crippen LogP contribution in [0, 0.1) is 3.57 Å². The minimum absolute atomic E-state index is 0.0628. The molecule has 2 aromatic carbocycles. The number of hydrogen-bond donors (Lipinski definition) is 1. The second-order valence-electron chi connectivity index (χ2n) is 5.88. The molecule has 4 rings (SSSR count). The third-order valence-electron chi connectivity index (χ3n) is 3.86. The average molecular weight is 463 g/mol. The Morgan fingerprint density at radius 1 is 1.15 bits per heavy atom. The molecule has 0 bridgehead atoms. The van der Waals surface area contributed by atoms with Gasteiger partial charge in [-0.05, 0) is 11.6 Å². The number of amides is 1. The molecule has 0 saturated carbocycles. The summed E-state index contributed by atoms with van der Waals surface area (Å²) in [5.41, 5.74) is 2.20. The zero-order valence-electron chi connectivity index (χ0n) is 14.0. The number of benzene rings is 2. The Labute approximate surface area is 161 Å². The standard InChI is InChI=1S/C20H18INO4/c23-20(26-13-15-12-24-15)22-19-10-18(16-8-4-5-9-17(16)21-19)25-11-14-6-2-1-3-7-14/h1-10,15H,11-13H2,(H,22,23)/t15-/m1/s1. The highest BCUT2D eigenvalue weighted by atomic mass is 127. The van der Waals surface area contributed by atoms with Crippen LogP contribution in [-0.4, -0.2) is 29.0 Å². The maximum absolute atomic E-state index is 12.0. The molecular weight excluding hydrogens is 445 g/mol. The van der Waals surface area contributed by atoms with Gasteiger partial charge in [-0.15, -0.1) is 0 Å². The van der Waals surface area contributed by atoms with E-state index in [0.717, 1.165) is 20.5 Å². The molecule has 2 heterocycles. The van der Waals surface area contributed by atoms with Crippen molar-refractivity contribution in [3.05, 3.63) is 75.4 Å². The lowest BCUT2D eigenvalue weighted by molar-refractivity contribution is 0.141. The molecule has 2 aromatic rings. The fraction of sp³-hybridized carbons (Fsp3) is 0.200. The lowest BCUT2D eigenvalue weighted by Gasteiger charge is -2.18. The van der Waals surface area contributed by atoms with E-state index in [0.29, 0.717) is 19.8 Å². The van der Waals surface area contributed by atoms with Crippen LogP contribution in [0.3, 0.4) is 0 Å². The maximum atomic E-state index is 12.0. The van der Waals surface area contributed by atoms with E-state index < -0.39 is 26.8 Å². The van der Waals surface area contributed by atoms with Gasteiger partial charge in [-0.25, -0.2) is 4.79 Å². The first-order valence-electron chi connectivity index (χ1n) is 8.33. The van der Waals surface area contributed by atoms with Crippen LogP contribution in [0.4, 0.5) is 4.79 Å². The molecule has 0 aromatic heterocycles. The van der Waals surface area contributed by atoms with Crippen molar-refractivity contribution in [2.75, 3.05) is 13.2 Å². The predicted octanol–water partition coefficient (Wildman–Crippen LogP) is 3.65. The molecule has 1 amide bonds. The molecule has 5 nitrogen and oxygen atoms in total. The number of carbonyl (C=O) groups excluding carboxylic acids is 1. The van der Waals surface area contributed by atoms with Crippen LogP contribution < -0.4 is 5.32 Å². The molecule has 1 fully saturated rings. The van der Waals surface area contributed by atoms with Crippen LogP contribution >= 0.6 is 20.7 Å². The van der Waals surface area contributed by atoms with Crippen LogP contribution in [0.2, 0.25) is 0 Å². The van der Waals surface area contributed by atoms with E-state index in [1.54, 1.807) is 0 Å². The summed E-state index contributed by atoms with van der Waals surface area (Å²) in [5, 5.41) is 2.86. The number of epoxide rings is 1. The number of carbonyl (C=O) groups is 1. The third-order valence-corrected chi connectivity index (χ3v) is 6.55. The molecule has 1 saturated heterocycles. The van der Waals surface area contributed by atoms with Crippen molar-refractivity contribution in [1.82, 2.24) is 5.32 Å². The molecule has 0 aliphatic carbocycles. The first kappa shape index (κ1) is 17.2. The lowest BCUT2D eigenvalue weighted by Crippen LogP contribution is -2.30. The van der Waals surface area contributed by atoms with E-state index in [2.05, 4.69) is 17.4 Å². The molecule has 2 aliphatic heterocycles. The van der Waals surface area contributed by atoms with E-state index >= 15 is 0 Å². The molecule has 0 unspecified atom stereocenters. The molecular formula is C20H18INO4. The van der Waals surface area contributed by atoms with E-state index in [1.807, 2.05) is 48.5 Å². The van der Waals surface area contributed by atoms with Crippen molar-refractivity contribution >= 4 is 36.2 Å². The Bertz CT molecular complexity index is 859. The van der Waals surface area contributed by atoms with Gasteiger partial charge in [0.05, 0.1) is 10.2 Å². The fourth-order valence-electron chi connectivity index (χ4n) is 2.45. The van der Waals surface area contributed by atoms with E-state index in [4.69, 9.17) is 14.2 Å². The summed E-state index contributed by atoms with van der Waals surface area (Å²) in [6.07, 6.45) is 1.55. The minimum Gasteiger partial charge on any atom is -0.488 e. The molecule has 6 heteroatoms. The van der Waals surface area contributed by atoms with Gasteiger partial charge in [0.2, 0.25) is 0 Å². The Morgan fingerprint density at radius 2 is 1.92 bits per heavy atom. The van der Waals surface area contributed by atoms with Gasteiger partial charge in [0.25, 0.3) is 0 Å². The Balaban J connectivity index is 1.48. The van der Waals surface area contributed by atoms with Gasteiger partial charge in [0.1, 0.15) is 25.1 Å². The van der Waals surface area contributed by atoms with Crippen LogP contribution in [0.1, 0.15) is 11.1 Å². The van der Waals surface area contributed by atoms with Crippen molar-refractivity contribution in [1.29, 1.82) is 0 Å². The predicted molar refractivity (Wildman–Crippen MR) is 108 cm³/mol. The third kappa shape index (κ3) is 4.50. The van der Waals surface area contributed by atoms with Crippen LogP contribution in [0.25, 0.3) is 5.76 Å². The van der Waals surface area contributed by atoms with Gasteiger partial charge in [-0.1, -0.05) is 69.3 Å². The van der Waals surface area contributed by atoms with Crippen molar-refractivity contribution in [3.63, 3.8) is 0 Å². The van der Waals surface area contributed by atoms with Crippen LogP contribution in [0.5, 0.6) is 0 Å². The number of hydrogen-bond acceptors (Lipinski definition) is 4. The van der Waals surface area contributed by atoms with E-state index in [9.17, 15) is 4.79 Å². The highest BCUT2D eigenvalue weighted by Gasteiger charge is 2.24. The second kappa shape index (κ2) is 8.01. The van der Waals surface area contributed by atoms with E-state index in [-0.39, 0.29) is 6.10 Å². The average Bonchev–Trinajstić information content (AvgIpc) is 3.50. The smallest absolute Gasteiger partial charge is 0.412 e. The normalized spacial score (nSPS) is 17.8. The van der Waals surface area contributed by atoms with Crippen molar-refractivity contribution in [2.45, 2.75) is 12.7 Å². The monoisotopic (exact) mass is 463 g/mol. The summed E-state index contributed by atoms with van der Waals surface area (Å²) in [6, 6.07) is 18.2. The molecule has 0 spiro atoms. The molecule has 1 atom stereocenters. The number of nitrogens with one attached hydrogen (secondary N) is 1. The molecule has 134 valence electrons. The first-order chi connectivity index (χ1) is 12.8. The second-order valence-corrected chi connectivity index (χ2v) is 8.75. The number of ether oxygens (including phenoxy) is 3. The van der Waals surface area contributed by atoms with Gasteiger partial charge in [-0.3, -0.25) is 5.32 Å². The molecule has 0 radical (unpaired) electrons. The number of halogens is 1. The largest absolute Gasteiger partial charge is 0.488 e. The first-order valence-corrected chi connectivity index (χ1v) is 10.5. The van der Waals surface area contributed by atoms with E-state index in [1.165, 1.54) is 3.57 Å². The zero-order chi connectivity index (χ0) is 17.8. The van der Waals surface area contributed by atoms with Gasteiger partial charge < -0.3 is 14.2 Å². The van der Waals surface area contributed by atoms with Gasteiger partial charge >= 0.3 is 6.09 Å². The summed E-state index contributed by atoms with van der Waals surface area (Å²) < 4.78 is 18.4. The maximum Gasteiger partial charge on any atom is 0.412 e. The Morgan fingerprint density at radius 3 is 2.73 bits per heavy atom. The molecule has 2 aliphatic rings. The van der Waals surface area contributed by atoms with Crippen molar-refractivity contribution in [3.8, 4) is 0 Å². The lowest BCUT2D eigenvalue weighted by atomic mass is 10.1. The Hall–Kier alpha value is -2.19. The van der Waals surface area contributed by atoms with Crippen LogP contribution in [-0.2, 0) is 20.8 Å². The highest BCUT2D eigenvalue weighted by molar-refractivity contribution is 14.2. The fourth-order valence-corrected chi connectivity index (χ4v) is 5.00. The zero-order valence-corrected chi connectivity index (χ0v) is 16.1. The SMILES string of the molecule is O=C(NC1=Ic2ccccc2C(OCc2ccccc2)=C1)OC[C@H]1CO1. The summed E-state index contributed by atoms with van der Waals surface area (Å²) >= 11 is -0.493. The topological polar surface area (TPSA) is 60.1 Å². The van der Waals surface area contributed by atoms with Gasteiger partial charge in [-0.2, -0.15) is 0 Å². The quantitative estimate of drug-likeness (QED) is 0.525. The molecule has 26 heavy (non-hydrogen) atoms. The van der Waals surface area contributed by atoms with Crippen LogP contribution in [0.15, 0.2) is 60.7 Å². The Kier molecular flexibility index (Phi) is 5.31. The molecule has 1 N–H and O–H groups in total. The van der Waals surface area contributed by atoms with Gasteiger partial charge in [0, 0.05) is 15.2 Å². The minimum atomic E-state index is -0.493. The summed E-state index contributed by atoms with van der Waals surface area (Å²) in [6.45, 7) is 1.45. The number of alkyl carbamates (subject to hydrolysis) is 1. The number of fused-ring (bicyclic) bond motifs is 1. The van der Waals surface area contributed by atoms with Gasteiger partial charge in [0.15, 0.2) is 0 Å². The summed E-state index contributed by atoms with van der Waals surface area (Å²) in [5.74, 6) is 0.774. The van der Waals surface area contributed by atoms with Crippen molar-refractivity contribution < 1.29 is 19.0 Å². The summed E-state index contributed by atoms with van der Waals surface area (Å²) in [4.78, 5) is 12.0.